The minimum atomic E-state index is -0.410. The summed E-state index contributed by atoms with van der Waals surface area (Å²) in [7, 11) is 0. The van der Waals surface area contributed by atoms with Crippen molar-refractivity contribution < 1.29 is 4.92 Å². The number of anilines is 1. The van der Waals surface area contributed by atoms with Gasteiger partial charge in [0.25, 0.3) is 0 Å². The molecule has 0 saturated carbocycles. The van der Waals surface area contributed by atoms with Gasteiger partial charge >= 0.3 is 5.69 Å². The molecule has 0 aliphatic carbocycles. The average molecular weight is 231 g/mol. The van der Waals surface area contributed by atoms with Crippen molar-refractivity contribution in [3.63, 3.8) is 0 Å². The molecule has 5 heteroatoms. The molecule has 0 atom stereocenters. The molecule has 0 saturated heterocycles. The van der Waals surface area contributed by atoms with Crippen LogP contribution in [0, 0.1) is 17.0 Å². The van der Waals surface area contributed by atoms with Crippen molar-refractivity contribution in [2.45, 2.75) is 13.8 Å². The first-order valence-corrected chi connectivity index (χ1v) is 5.41. The van der Waals surface area contributed by atoms with Crippen LogP contribution < -0.4 is 5.32 Å². The summed E-state index contributed by atoms with van der Waals surface area (Å²) in [5.41, 5.74) is 2.38. The van der Waals surface area contributed by atoms with Gasteiger partial charge in [0.1, 0.15) is 11.9 Å². The van der Waals surface area contributed by atoms with Gasteiger partial charge in [0, 0.05) is 11.9 Å². The lowest BCUT2D eigenvalue weighted by Gasteiger charge is -2.08. The summed E-state index contributed by atoms with van der Waals surface area (Å²) < 4.78 is 0. The molecule has 2 aromatic rings. The van der Waals surface area contributed by atoms with Crippen molar-refractivity contribution in [1.82, 2.24) is 4.98 Å². The molecule has 0 unspecified atom stereocenters. The van der Waals surface area contributed by atoms with Gasteiger partial charge in [0.2, 0.25) is 0 Å². The number of aryl methyl sites for hydroxylation is 1. The van der Waals surface area contributed by atoms with Crippen molar-refractivity contribution in [1.29, 1.82) is 0 Å². The highest BCUT2D eigenvalue weighted by Crippen LogP contribution is 2.31. The van der Waals surface area contributed by atoms with Crippen LogP contribution in [0.25, 0.3) is 10.9 Å². The molecular weight excluding hydrogens is 218 g/mol. The van der Waals surface area contributed by atoms with Crippen molar-refractivity contribution in [3.05, 3.63) is 40.1 Å². The predicted molar refractivity (Wildman–Crippen MR) is 67.3 cm³/mol. The second-order valence-corrected chi connectivity index (χ2v) is 3.83. The number of nitrogens with one attached hydrogen (secondary N) is 1. The molecular formula is C12H13N3O2. The third-order valence-electron chi connectivity index (χ3n) is 2.55. The Hall–Kier alpha value is -2.17. The number of hydrogen-bond donors (Lipinski definition) is 1. The molecule has 0 fully saturated rings. The molecule has 0 spiro atoms. The summed E-state index contributed by atoms with van der Waals surface area (Å²) in [6.07, 6.45) is 1.30. The Morgan fingerprint density at radius 1 is 1.47 bits per heavy atom. The van der Waals surface area contributed by atoms with Crippen LogP contribution in [0.5, 0.6) is 0 Å². The van der Waals surface area contributed by atoms with E-state index in [1.165, 1.54) is 6.20 Å². The van der Waals surface area contributed by atoms with Crippen LogP contribution in [0.2, 0.25) is 0 Å². The number of fused-ring (bicyclic) bond motifs is 1. The Morgan fingerprint density at radius 2 is 2.24 bits per heavy atom. The molecule has 2 rings (SSSR count). The van der Waals surface area contributed by atoms with Gasteiger partial charge in [-0.3, -0.25) is 10.1 Å². The third kappa shape index (κ3) is 2.04. The molecule has 17 heavy (non-hydrogen) atoms. The van der Waals surface area contributed by atoms with Crippen LogP contribution in [-0.2, 0) is 0 Å². The highest BCUT2D eigenvalue weighted by Gasteiger charge is 2.17. The van der Waals surface area contributed by atoms with Crippen LogP contribution in [0.4, 0.5) is 11.4 Å². The van der Waals surface area contributed by atoms with E-state index in [0.29, 0.717) is 12.2 Å². The number of rotatable bonds is 3. The lowest BCUT2D eigenvalue weighted by molar-refractivity contribution is -0.384. The van der Waals surface area contributed by atoms with Gasteiger partial charge in [-0.25, -0.2) is 4.98 Å². The standard InChI is InChI=1S/C12H13N3O2/c1-3-13-12-9-6-8(2)4-5-10(9)14-7-11(12)15(16)17/h4-7H,3H2,1-2H3,(H,13,14). The summed E-state index contributed by atoms with van der Waals surface area (Å²) in [5.74, 6) is 0. The predicted octanol–water partition coefficient (Wildman–Crippen LogP) is 2.88. The summed E-state index contributed by atoms with van der Waals surface area (Å²) in [6, 6.07) is 5.72. The zero-order valence-corrected chi connectivity index (χ0v) is 9.73. The minimum Gasteiger partial charge on any atom is -0.379 e. The first kappa shape index (κ1) is 11.3. The normalized spacial score (nSPS) is 10.5. The molecule has 0 aliphatic rings. The third-order valence-corrected chi connectivity index (χ3v) is 2.55. The fraction of sp³-hybridized carbons (Fsp3) is 0.250. The number of nitro groups is 1. The SMILES string of the molecule is CCNc1c([N+](=O)[O-])cnc2ccc(C)cc12. The molecule has 88 valence electrons. The van der Waals surface area contributed by atoms with Crippen LogP contribution in [0.15, 0.2) is 24.4 Å². The molecule has 1 aromatic carbocycles. The molecule has 1 heterocycles. The fourth-order valence-electron chi connectivity index (χ4n) is 1.80. The van der Waals surface area contributed by atoms with Gasteiger partial charge in [-0.1, -0.05) is 11.6 Å². The Kier molecular flexibility index (Phi) is 2.91. The lowest BCUT2D eigenvalue weighted by atomic mass is 10.1. The maximum atomic E-state index is 11.0. The first-order valence-electron chi connectivity index (χ1n) is 5.41. The van der Waals surface area contributed by atoms with E-state index in [1.54, 1.807) is 0 Å². The zero-order valence-electron chi connectivity index (χ0n) is 9.73. The molecule has 1 aromatic heterocycles. The van der Waals surface area contributed by atoms with Crippen LogP contribution >= 0.6 is 0 Å². The molecule has 0 amide bonds. The van der Waals surface area contributed by atoms with E-state index < -0.39 is 4.92 Å². The van der Waals surface area contributed by atoms with Gasteiger partial charge in [-0.05, 0) is 26.0 Å². The van der Waals surface area contributed by atoms with Crippen LogP contribution in [-0.4, -0.2) is 16.5 Å². The Labute approximate surface area is 98.6 Å². The fourth-order valence-corrected chi connectivity index (χ4v) is 1.80. The van der Waals surface area contributed by atoms with Gasteiger partial charge in [0.05, 0.1) is 10.4 Å². The largest absolute Gasteiger partial charge is 0.379 e. The van der Waals surface area contributed by atoms with E-state index in [2.05, 4.69) is 10.3 Å². The van der Waals surface area contributed by atoms with E-state index in [9.17, 15) is 10.1 Å². The zero-order chi connectivity index (χ0) is 12.4. The molecule has 0 bridgehead atoms. The molecule has 1 N–H and O–H groups in total. The Balaban J connectivity index is 2.77. The van der Waals surface area contributed by atoms with Crippen molar-refractivity contribution in [3.8, 4) is 0 Å². The molecule has 0 radical (unpaired) electrons. The Morgan fingerprint density at radius 3 is 2.88 bits per heavy atom. The smallest absolute Gasteiger partial charge is 0.311 e. The average Bonchev–Trinajstić information content (AvgIpc) is 2.29. The van der Waals surface area contributed by atoms with Gasteiger partial charge in [-0.2, -0.15) is 0 Å². The van der Waals surface area contributed by atoms with Crippen LogP contribution in [0.3, 0.4) is 0 Å². The van der Waals surface area contributed by atoms with E-state index in [4.69, 9.17) is 0 Å². The number of aromatic nitrogens is 1. The van der Waals surface area contributed by atoms with E-state index >= 15 is 0 Å². The topological polar surface area (TPSA) is 68.1 Å². The second kappa shape index (κ2) is 4.37. The first-order chi connectivity index (χ1) is 8.13. The minimum absolute atomic E-state index is 0.0185. The van der Waals surface area contributed by atoms with Gasteiger partial charge < -0.3 is 5.32 Å². The van der Waals surface area contributed by atoms with Crippen molar-refractivity contribution in [2.24, 2.45) is 0 Å². The maximum Gasteiger partial charge on any atom is 0.311 e. The number of benzene rings is 1. The van der Waals surface area contributed by atoms with Crippen molar-refractivity contribution >= 4 is 22.3 Å². The van der Waals surface area contributed by atoms with E-state index in [-0.39, 0.29) is 5.69 Å². The van der Waals surface area contributed by atoms with Gasteiger partial charge in [-0.15, -0.1) is 0 Å². The summed E-state index contributed by atoms with van der Waals surface area (Å²) in [4.78, 5) is 14.6. The number of pyridine rings is 1. The van der Waals surface area contributed by atoms with Crippen LogP contribution in [0.1, 0.15) is 12.5 Å². The maximum absolute atomic E-state index is 11.0. The Bertz CT molecular complexity index is 581. The number of hydrogen-bond acceptors (Lipinski definition) is 4. The highest BCUT2D eigenvalue weighted by molar-refractivity contribution is 5.96. The molecule has 5 nitrogen and oxygen atoms in total. The van der Waals surface area contributed by atoms with E-state index in [1.807, 2.05) is 32.0 Å². The van der Waals surface area contributed by atoms with E-state index in [0.717, 1.165) is 16.5 Å². The summed E-state index contributed by atoms with van der Waals surface area (Å²) in [5, 5.41) is 14.8. The summed E-state index contributed by atoms with van der Waals surface area (Å²) >= 11 is 0. The van der Waals surface area contributed by atoms with Crippen molar-refractivity contribution in [2.75, 3.05) is 11.9 Å². The monoisotopic (exact) mass is 231 g/mol. The highest BCUT2D eigenvalue weighted by atomic mass is 16.6. The number of nitrogens with zero attached hydrogens (tertiary/aromatic N) is 2. The summed E-state index contributed by atoms with van der Waals surface area (Å²) in [6.45, 7) is 4.49. The van der Waals surface area contributed by atoms with Gasteiger partial charge in [0.15, 0.2) is 0 Å². The second-order valence-electron chi connectivity index (χ2n) is 3.83. The quantitative estimate of drug-likeness (QED) is 0.651. The molecule has 0 aliphatic heterocycles. The lowest BCUT2D eigenvalue weighted by Crippen LogP contribution is -2.03.